The van der Waals surface area contributed by atoms with Crippen molar-refractivity contribution in [1.29, 1.82) is 0 Å². The van der Waals surface area contributed by atoms with Gasteiger partial charge in [0.25, 0.3) is 0 Å². The molecule has 0 amide bonds. The number of ether oxygens (including phenoxy) is 2. The van der Waals surface area contributed by atoms with Gasteiger partial charge in [-0.15, -0.1) is 10.2 Å². The van der Waals surface area contributed by atoms with Crippen molar-refractivity contribution in [3.8, 4) is 0 Å². The normalized spacial score (nSPS) is 25.0. The van der Waals surface area contributed by atoms with Gasteiger partial charge in [-0.05, 0) is 98.2 Å². The molecule has 2 atom stereocenters. The van der Waals surface area contributed by atoms with Crippen LogP contribution in [-0.2, 0) is 22.3 Å². The SMILES string of the molecule is C=C1COC[C@H](Cc2ccc(Cl)cc2)N(C2CCN(C3=NN=C(N)C3)CC2)C1.C=C1COC[C@H](Cc2ccc(Cl)cc2)N(C2CCNCC2)C1. The van der Waals surface area contributed by atoms with Gasteiger partial charge in [-0.25, -0.2) is 0 Å². The molecular weight excluding hydrogens is 669 g/mol. The van der Waals surface area contributed by atoms with Crippen LogP contribution in [0.2, 0.25) is 10.0 Å². The largest absolute Gasteiger partial charge is 0.385 e. The van der Waals surface area contributed by atoms with Crippen molar-refractivity contribution < 1.29 is 9.47 Å². The zero-order valence-corrected chi connectivity index (χ0v) is 30.8. The molecule has 270 valence electrons. The molecule has 2 aromatic carbocycles. The number of nitrogens with one attached hydrogen (secondary N) is 1. The molecule has 4 saturated heterocycles. The Morgan fingerprint density at radius 2 is 1.20 bits per heavy atom. The molecule has 11 heteroatoms. The van der Waals surface area contributed by atoms with E-state index in [1.807, 2.05) is 24.3 Å². The molecular formula is C39H53Cl2N7O2. The molecule has 0 aliphatic carbocycles. The van der Waals surface area contributed by atoms with Gasteiger partial charge in [0.1, 0.15) is 11.7 Å². The van der Waals surface area contributed by atoms with E-state index in [-0.39, 0.29) is 0 Å². The number of likely N-dealkylation sites (tertiary alicyclic amines) is 1. The standard InChI is InChI=1S/C21H28ClN5O.C18H25ClN2O/c1-15-12-27(18-6-8-26(9-7-18)21-11-20(23)24-25-21)19(14-28-13-15)10-16-2-4-17(22)5-3-16;1-14-11-21(17-6-8-20-9-7-17)18(13-22-12-14)10-15-2-4-16(19)5-3-15/h2-5,18-19H,1,6-14H2,(H2,23,24);2-5,17-18,20H,1,6-13H2/t19-;18-/m00/s1. The van der Waals surface area contributed by atoms with Crippen molar-refractivity contribution in [2.45, 2.75) is 69.1 Å². The Labute approximate surface area is 308 Å². The predicted molar refractivity (Wildman–Crippen MR) is 205 cm³/mol. The molecule has 2 aromatic rings. The van der Waals surface area contributed by atoms with Gasteiger partial charge in [0, 0.05) is 60.4 Å². The second kappa shape index (κ2) is 18.1. The molecule has 0 radical (unpaired) electrons. The van der Waals surface area contributed by atoms with Gasteiger partial charge in [0.05, 0.1) is 32.8 Å². The van der Waals surface area contributed by atoms with Crippen molar-refractivity contribution in [2.75, 3.05) is 65.7 Å². The highest BCUT2D eigenvalue weighted by atomic mass is 35.5. The van der Waals surface area contributed by atoms with Crippen LogP contribution in [0.25, 0.3) is 0 Å². The lowest BCUT2D eigenvalue weighted by atomic mass is 9.97. The maximum atomic E-state index is 6.05. The van der Waals surface area contributed by atoms with Gasteiger partial charge in [-0.2, -0.15) is 0 Å². The predicted octanol–water partition coefficient (Wildman–Crippen LogP) is 5.57. The number of amidine groups is 2. The van der Waals surface area contributed by atoms with Gasteiger partial charge < -0.3 is 25.4 Å². The van der Waals surface area contributed by atoms with E-state index >= 15 is 0 Å². The first kappa shape index (κ1) is 37.0. The highest BCUT2D eigenvalue weighted by Crippen LogP contribution is 2.26. The maximum Gasteiger partial charge on any atom is 0.135 e. The zero-order valence-electron chi connectivity index (χ0n) is 29.2. The Balaban J connectivity index is 0.000000178. The van der Waals surface area contributed by atoms with Crippen molar-refractivity contribution in [3.63, 3.8) is 0 Å². The van der Waals surface area contributed by atoms with Crippen molar-refractivity contribution in [2.24, 2.45) is 15.9 Å². The molecule has 0 aromatic heterocycles. The zero-order chi connectivity index (χ0) is 34.9. The Hall–Kier alpha value is -2.76. The van der Waals surface area contributed by atoms with Crippen LogP contribution in [0, 0.1) is 0 Å². The number of nitrogens with zero attached hydrogens (tertiary/aromatic N) is 5. The van der Waals surface area contributed by atoms with Crippen molar-refractivity contribution >= 4 is 34.9 Å². The molecule has 0 unspecified atom stereocenters. The summed E-state index contributed by atoms with van der Waals surface area (Å²) in [6.45, 7) is 17.3. The van der Waals surface area contributed by atoms with E-state index in [0.29, 0.717) is 49.6 Å². The van der Waals surface area contributed by atoms with E-state index in [0.717, 1.165) is 99.6 Å². The molecule has 7 rings (SSSR count). The van der Waals surface area contributed by atoms with Crippen molar-refractivity contribution in [1.82, 2.24) is 20.0 Å². The van der Waals surface area contributed by atoms with Crippen LogP contribution in [-0.4, -0.2) is 116 Å². The van der Waals surface area contributed by atoms with Crippen LogP contribution >= 0.6 is 23.2 Å². The smallest absolute Gasteiger partial charge is 0.135 e. The Morgan fingerprint density at radius 3 is 1.66 bits per heavy atom. The lowest BCUT2D eigenvalue weighted by molar-refractivity contribution is 0.0605. The number of rotatable bonds is 6. The first-order valence-electron chi connectivity index (χ1n) is 18.1. The molecule has 3 N–H and O–H groups in total. The van der Waals surface area contributed by atoms with Crippen LogP contribution in [0.3, 0.4) is 0 Å². The van der Waals surface area contributed by atoms with E-state index in [1.165, 1.54) is 29.5 Å². The van der Waals surface area contributed by atoms with Crippen LogP contribution in [0.4, 0.5) is 0 Å². The summed E-state index contributed by atoms with van der Waals surface area (Å²) in [5, 5.41) is 13.2. The monoisotopic (exact) mass is 721 g/mol. The average molecular weight is 723 g/mol. The van der Waals surface area contributed by atoms with Crippen molar-refractivity contribution in [3.05, 3.63) is 94.0 Å². The summed E-state index contributed by atoms with van der Waals surface area (Å²) in [5.41, 5.74) is 10.7. The molecule has 0 spiro atoms. The molecule has 4 fully saturated rings. The molecule has 5 heterocycles. The number of nitrogens with two attached hydrogens (primary N) is 1. The molecule has 9 nitrogen and oxygen atoms in total. The number of halogens is 2. The quantitative estimate of drug-likeness (QED) is 0.377. The van der Waals surface area contributed by atoms with Gasteiger partial charge >= 0.3 is 0 Å². The van der Waals surface area contributed by atoms with Crippen LogP contribution in [0.15, 0.2) is 83.0 Å². The second-order valence-corrected chi connectivity index (χ2v) is 15.2. The summed E-state index contributed by atoms with van der Waals surface area (Å²) >= 11 is 12.0. The van der Waals surface area contributed by atoms with E-state index in [9.17, 15) is 0 Å². The van der Waals surface area contributed by atoms with E-state index in [4.69, 9.17) is 38.4 Å². The maximum absolute atomic E-state index is 6.05. The third kappa shape index (κ3) is 10.4. The Morgan fingerprint density at radius 1 is 0.720 bits per heavy atom. The van der Waals surface area contributed by atoms with Crippen LogP contribution < -0.4 is 11.1 Å². The number of piperidine rings is 2. The third-order valence-electron chi connectivity index (χ3n) is 10.5. The minimum atomic E-state index is 0.347. The summed E-state index contributed by atoms with van der Waals surface area (Å²) in [6.07, 6.45) is 7.27. The van der Waals surface area contributed by atoms with Gasteiger partial charge in [0.2, 0.25) is 0 Å². The van der Waals surface area contributed by atoms with Gasteiger partial charge in [-0.3, -0.25) is 9.80 Å². The Kier molecular flexibility index (Phi) is 13.4. The second-order valence-electron chi connectivity index (χ2n) is 14.3. The molecule has 5 aliphatic heterocycles. The molecule has 0 saturated carbocycles. The molecule has 5 aliphatic rings. The summed E-state index contributed by atoms with van der Waals surface area (Å²) in [7, 11) is 0. The number of benzene rings is 2. The lowest BCUT2D eigenvalue weighted by Crippen LogP contribution is -2.51. The minimum absolute atomic E-state index is 0.347. The van der Waals surface area contributed by atoms with E-state index in [2.05, 4.69) is 67.6 Å². The van der Waals surface area contributed by atoms with Gasteiger partial charge in [0.15, 0.2) is 0 Å². The number of hydrogen-bond acceptors (Lipinski definition) is 9. The summed E-state index contributed by atoms with van der Waals surface area (Å²) in [5.74, 6) is 1.62. The fraction of sp³-hybridized carbons (Fsp3) is 0.538. The fourth-order valence-corrected chi connectivity index (χ4v) is 8.10. The summed E-state index contributed by atoms with van der Waals surface area (Å²) < 4.78 is 11.8. The average Bonchev–Trinajstić information content (AvgIpc) is 3.37. The minimum Gasteiger partial charge on any atom is -0.385 e. The molecule has 0 bridgehead atoms. The van der Waals surface area contributed by atoms with Crippen LogP contribution in [0.1, 0.15) is 43.2 Å². The highest BCUT2D eigenvalue weighted by Gasteiger charge is 2.33. The summed E-state index contributed by atoms with van der Waals surface area (Å²) in [4.78, 5) is 7.57. The summed E-state index contributed by atoms with van der Waals surface area (Å²) in [6, 6.07) is 18.3. The fourth-order valence-electron chi connectivity index (χ4n) is 7.85. The lowest BCUT2D eigenvalue weighted by Gasteiger charge is -2.42. The third-order valence-corrected chi connectivity index (χ3v) is 11.0. The first-order chi connectivity index (χ1) is 24.3. The Bertz CT molecular complexity index is 1480. The van der Waals surface area contributed by atoms with Gasteiger partial charge in [-0.1, -0.05) is 60.6 Å². The first-order valence-corrected chi connectivity index (χ1v) is 18.9. The van der Waals surface area contributed by atoms with Crippen LogP contribution in [0.5, 0.6) is 0 Å². The molecule has 50 heavy (non-hydrogen) atoms. The van der Waals surface area contributed by atoms with E-state index in [1.54, 1.807) is 0 Å². The number of hydrogen-bond donors (Lipinski definition) is 2. The topological polar surface area (TPSA) is 91.0 Å². The van der Waals surface area contributed by atoms with E-state index < -0.39 is 0 Å². The highest BCUT2D eigenvalue weighted by molar-refractivity contribution is 6.30.